The van der Waals surface area contributed by atoms with E-state index in [2.05, 4.69) is 12.2 Å². The zero-order chi connectivity index (χ0) is 16.1. The first kappa shape index (κ1) is 19.5. The Labute approximate surface area is 144 Å². The van der Waals surface area contributed by atoms with E-state index in [9.17, 15) is 9.59 Å². The molecule has 1 N–H and O–H groups in total. The molecule has 0 spiro atoms. The summed E-state index contributed by atoms with van der Waals surface area (Å²) in [5.74, 6) is -0.138. The van der Waals surface area contributed by atoms with Crippen LogP contribution in [0.3, 0.4) is 0 Å². The van der Waals surface area contributed by atoms with Crippen molar-refractivity contribution in [1.82, 2.24) is 10.2 Å². The number of likely N-dealkylation sites (N-methyl/N-ethyl adjacent to an activating group) is 2. The number of amides is 2. The molecule has 1 fully saturated rings. The molecule has 0 aliphatic carbocycles. The van der Waals surface area contributed by atoms with Gasteiger partial charge in [-0.25, -0.2) is 0 Å². The second-order valence-corrected chi connectivity index (χ2v) is 5.75. The fourth-order valence-electron chi connectivity index (χ4n) is 2.88. The van der Waals surface area contributed by atoms with Crippen molar-refractivity contribution < 1.29 is 9.59 Å². The summed E-state index contributed by atoms with van der Waals surface area (Å²) in [7, 11) is 3.66. The monoisotopic (exact) mass is 339 g/mol. The average Bonchev–Trinajstić information content (AvgIpc) is 2.93. The summed E-state index contributed by atoms with van der Waals surface area (Å²) in [4.78, 5) is 28.3. The number of hydrogen-bond acceptors (Lipinski definition) is 3. The van der Waals surface area contributed by atoms with E-state index in [0.717, 1.165) is 24.2 Å². The highest BCUT2D eigenvalue weighted by Gasteiger charge is 2.36. The first-order chi connectivity index (χ1) is 10.6. The fourth-order valence-corrected chi connectivity index (χ4v) is 2.88. The molecule has 0 bridgehead atoms. The number of hydrogen-bond donors (Lipinski definition) is 1. The van der Waals surface area contributed by atoms with Gasteiger partial charge in [0, 0.05) is 38.8 Å². The van der Waals surface area contributed by atoms with Gasteiger partial charge < -0.3 is 15.1 Å². The lowest BCUT2D eigenvalue weighted by molar-refractivity contribution is -0.134. The second kappa shape index (κ2) is 8.89. The van der Waals surface area contributed by atoms with Gasteiger partial charge >= 0.3 is 0 Å². The van der Waals surface area contributed by atoms with Crippen LogP contribution >= 0.6 is 12.4 Å². The maximum atomic E-state index is 12.4. The summed E-state index contributed by atoms with van der Waals surface area (Å²) in [6, 6.07) is 7.93. The Hall–Kier alpha value is -1.59. The van der Waals surface area contributed by atoms with Gasteiger partial charge in [-0.2, -0.15) is 0 Å². The molecule has 1 aliphatic heterocycles. The van der Waals surface area contributed by atoms with Crippen LogP contribution in [0.2, 0.25) is 0 Å². The highest BCUT2D eigenvalue weighted by atomic mass is 35.5. The van der Waals surface area contributed by atoms with Crippen LogP contribution < -0.4 is 10.2 Å². The maximum absolute atomic E-state index is 12.4. The number of aryl methyl sites for hydroxylation is 1. The molecule has 1 unspecified atom stereocenters. The van der Waals surface area contributed by atoms with E-state index < -0.39 is 0 Å². The lowest BCUT2D eigenvalue weighted by atomic mass is 10.1. The first-order valence-corrected chi connectivity index (χ1v) is 7.86. The molecule has 5 nitrogen and oxygen atoms in total. The predicted octanol–water partition coefficient (Wildman–Crippen LogP) is 1.70. The van der Waals surface area contributed by atoms with Crippen molar-refractivity contribution >= 4 is 29.9 Å². The van der Waals surface area contributed by atoms with Crippen LogP contribution in [-0.2, 0) is 16.0 Å². The number of anilines is 1. The molecule has 0 saturated carbocycles. The van der Waals surface area contributed by atoms with Crippen molar-refractivity contribution in [3.8, 4) is 0 Å². The molecular formula is C17H26ClN3O2. The molecule has 1 aliphatic rings. The molecule has 6 heteroatoms. The van der Waals surface area contributed by atoms with E-state index >= 15 is 0 Å². The van der Waals surface area contributed by atoms with E-state index in [0.29, 0.717) is 19.5 Å². The molecule has 128 valence electrons. The van der Waals surface area contributed by atoms with Crippen LogP contribution in [0, 0.1) is 5.92 Å². The Morgan fingerprint density at radius 2 is 2.09 bits per heavy atom. The molecule has 1 aromatic carbocycles. The highest BCUT2D eigenvalue weighted by molar-refractivity contribution is 6.00. The molecule has 23 heavy (non-hydrogen) atoms. The van der Waals surface area contributed by atoms with Gasteiger partial charge in [-0.1, -0.05) is 25.1 Å². The minimum Gasteiger partial charge on any atom is -0.344 e. The number of halogens is 1. The van der Waals surface area contributed by atoms with Crippen LogP contribution in [0.15, 0.2) is 24.3 Å². The number of carbonyl (C=O) groups is 2. The molecule has 2 rings (SSSR count). The highest BCUT2D eigenvalue weighted by Crippen LogP contribution is 2.29. The van der Waals surface area contributed by atoms with E-state index in [1.165, 1.54) is 0 Å². The number of benzene rings is 1. The van der Waals surface area contributed by atoms with Crippen LogP contribution in [-0.4, -0.2) is 50.4 Å². The largest absolute Gasteiger partial charge is 0.344 e. The van der Waals surface area contributed by atoms with Crippen LogP contribution in [0.5, 0.6) is 0 Å². The topological polar surface area (TPSA) is 52.7 Å². The normalized spacial score (nSPS) is 17.1. The quantitative estimate of drug-likeness (QED) is 0.858. The standard InChI is InChI=1S/C17H25N3O2.ClH/c1-4-13-7-5-6-8-15(13)20-12-14(11-16(20)21)17(22)19(3)10-9-18-2;/h5-8,14,18H,4,9-12H2,1-3H3;1H. The average molecular weight is 340 g/mol. The Morgan fingerprint density at radius 3 is 2.74 bits per heavy atom. The van der Waals surface area contributed by atoms with Gasteiger partial charge in [-0.15, -0.1) is 12.4 Å². The Morgan fingerprint density at radius 1 is 1.39 bits per heavy atom. The summed E-state index contributed by atoms with van der Waals surface area (Å²) >= 11 is 0. The van der Waals surface area contributed by atoms with Gasteiger partial charge in [0.25, 0.3) is 0 Å². The van der Waals surface area contributed by atoms with Crippen molar-refractivity contribution in [3.63, 3.8) is 0 Å². The van der Waals surface area contributed by atoms with Gasteiger partial charge in [0.05, 0.1) is 5.92 Å². The number of carbonyl (C=O) groups excluding carboxylic acids is 2. The van der Waals surface area contributed by atoms with E-state index in [-0.39, 0.29) is 30.1 Å². The summed E-state index contributed by atoms with van der Waals surface area (Å²) < 4.78 is 0. The van der Waals surface area contributed by atoms with Crippen molar-refractivity contribution in [2.24, 2.45) is 5.92 Å². The van der Waals surface area contributed by atoms with Crippen molar-refractivity contribution in [2.45, 2.75) is 19.8 Å². The van der Waals surface area contributed by atoms with Gasteiger partial charge in [0.1, 0.15) is 0 Å². The summed E-state index contributed by atoms with van der Waals surface area (Å²) in [5.41, 5.74) is 2.09. The van der Waals surface area contributed by atoms with Gasteiger partial charge in [0.2, 0.25) is 11.8 Å². The second-order valence-electron chi connectivity index (χ2n) is 5.75. The third-order valence-corrected chi connectivity index (χ3v) is 4.21. The summed E-state index contributed by atoms with van der Waals surface area (Å²) in [6.07, 6.45) is 1.18. The fraction of sp³-hybridized carbons (Fsp3) is 0.529. The molecule has 1 heterocycles. The Kier molecular flexibility index (Phi) is 7.52. The van der Waals surface area contributed by atoms with Crippen LogP contribution in [0.25, 0.3) is 0 Å². The van der Waals surface area contributed by atoms with E-state index in [1.54, 1.807) is 16.8 Å². The van der Waals surface area contributed by atoms with Crippen LogP contribution in [0.1, 0.15) is 18.9 Å². The molecule has 0 aromatic heterocycles. The molecule has 1 atom stereocenters. The van der Waals surface area contributed by atoms with Crippen LogP contribution in [0.4, 0.5) is 5.69 Å². The van der Waals surface area contributed by atoms with Gasteiger partial charge in [-0.3, -0.25) is 9.59 Å². The Balaban J connectivity index is 0.00000264. The SMILES string of the molecule is CCc1ccccc1N1CC(C(=O)N(C)CCNC)CC1=O.Cl. The first-order valence-electron chi connectivity index (χ1n) is 7.86. The third kappa shape index (κ3) is 4.45. The predicted molar refractivity (Wildman–Crippen MR) is 95.1 cm³/mol. The van der Waals surface area contributed by atoms with E-state index in [4.69, 9.17) is 0 Å². The third-order valence-electron chi connectivity index (χ3n) is 4.21. The van der Waals surface area contributed by atoms with E-state index in [1.807, 2.05) is 31.3 Å². The number of nitrogens with one attached hydrogen (secondary N) is 1. The molecule has 0 radical (unpaired) electrons. The molecular weight excluding hydrogens is 314 g/mol. The summed E-state index contributed by atoms with van der Waals surface area (Å²) in [5, 5.41) is 3.03. The Bertz CT molecular complexity index is 550. The molecule has 1 aromatic rings. The number of para-hydroxylation sites is 1. The summed E-state index contributed by atoms with van der Waals surface area (Å²) in [6.45, 7) is 3.98. The lowest BCUT2D eigenvalue weighted by Gasteiger charge is -2.22. The minimum atomic E-state index is -0.237. The smallest absolute Gasteiger partial charge is 0.227 e. The van der Waals surface area contributed by atoms with Crippen molar-refractivity contribution in [2.75, 3.05) is 38.6 Å². The van der Waals surface area contributed by atoms with Gasteiger partial charge in [0.15, 0.2) is 0 Å². The zero-order valence-corrected chi connectivity index (χ0v) is 14.9. The van der Waals surface area contributed by atoms with Crippen molar-refractivity contribution in [3.05, 3.63) is 29.8 Å². The molecule has 2 amide bonds. The number of nitrogens with zero attached hydrogens (tertiary/aromatic N) is 2. The van der Waals surface area contributed by atoms with Gasteiger partial charge in [-0.05, 0) is 25.1 Å². The lowest BCUT2D eigenvalue weighted by Crippen LogP contribution is -2.38. The zero-order valence-electron chi connectivity index (χ0n) is 14.0. The maximum Gasteiger partial charge on any atom is 0.227 e. The number of rotatable bonds is 6. The minimum absolute atomic E-state index is 0. The van der Waals surface area contributed by atoms with Crippen molar-refractivity contribution in [1.29, 1.82) is 0 Å². The molecule has 1 saturated heterocycles.